The van der Waals surface area contributed by atoms with Gasteiger partial charge >= 0.3 is 219 Å². The summed E-state index contributed by atoms with van der Waals surface area (Å²) in [6, 6.07) is 11.6. The van der Waals surface area contributed by atoms with E-state index in [1.54, 1.807) is 20.9 Å². The topological polar surface area (TPSA) is 25.8 Å². The molecule has 0 radical (unpaired) electrons. The standard InChI is InChI=1S/C31H40N2S2Se/c1-5-9-12-21(7-3)19-31(20-22(8-4)13-10-6-2)24-16-17-34-29(24)30-25(31)18-27(35-30)23-14-11-15-26-28(23)33-36-32-26/h11,14-18,21-22H,5-10,12-13,19-20H2,1-4H3. The molecule has 1 aliphatic carbocycles. The molecule has 5 rings (SSSR count). The van der Waals surface area contributed by atoms with Crippen molar-refractivity contribution < 1.29 is 0 Å². The molecule has 0 saturated heterocycles. The van der Waals surface area contributed by atoms with Crippen LogP contribution in [-0.4, -0.2) is 22.9 Å². The molecular weight excluding hydrogens is 543 g/mol. The monoisotopic (exact) mass is 584 g/mol. The van der Waals surface area contributed by atoms with Crippen LogP contribution in [-0.2, 0) is 5.41 Å². The van der Waals surface area contributed by atoms with E-state index in [0.717, 1.165) is 22.9 Å². The van der Waals surface area contributed by atoms with Gasteiger partial charge in [0.2, 0.25) is 0 Å². The third-order valence-corrected chi connectivity index (χ3v) is 11.9. The molecule has 1 aromatic carbocycles. The predicted octanol–water partition coefficient (Wildman–Crippen LogP) is 9.96. The summed E-state index contributed by atoms with van der Waals surface area (Å²) >= 11 is 3.98. The van der Waals surface area contributed by atoms with E-state index in [2.05, 4.69) is 67.4 Å². The Kier molecular flexibility index (Phi) is 8.52. The molecule has 2 atom stereocenters. The van der Waals surface area contributed by atoms with Gasteiger partial charge in [-0.15, -0.1) is 0 Å². The summed E-state index contributed by atoms with van der Waals surface area (Å²) in [5, 5.41) is 2.36. The molecule has 36 heavy (non-hydrogen) atoms. The summed E-state index contributed by atoms with van der Waals surface area (Å²) in [5.41, 5.74) is 6.93. The van der Waals surface area contributed by atoms with Crippen LogP contribution in [0.5, 0.6) is 0 Å². The van der Waals surface area contributed by atoms with Crippen LogP contribution in [0.3, 0.4) is 0 Å². The van der Waals surface area contributed by atoms with Crippen LogP contribution >= 0.6 is 22.7 Å². The molecular formula is C31H40N2S2Se. The molecule has 3 aromatic heterocycles. The number of benzene rings is 1. The van der Waals surface area contributed by atoms with Crippen LogP contribution in [0, 0.1) is 11.8 Å². The van der Waals surface area contributed by atoms with E-state index in [1.165, 1.54) is 74.6 Å². The molecule has 0 saturated carbocycles. The zero-order chi connectivity index (χ0) is 25.1. The molecule has 2 nitrogen and oxygen atoms in total. The molecule has 0 fully saturated rings. The molecule has 4 aromatic rings. The first-order valence-corrected chi connectivity index (χ1v) is 17.3. The first-order valence-electron chi connectivity index (χ1n) is 14.1. The average molecular weight is 584 g/mol. The van der Waals surface area contributed by atoms with Gasteiger partial charge in [-0.3, -0.25) is 0 Å². The number of unbranched alkanes of at least 4 members (excludes halogenated alkanes) is 2. The quantitative estimate of drug-likeness (QED) is 0.146. The number of rotatable bonds is 13. The van der Waals surface area contributed by atoms with Gasteiger partial charge in [-0.1, -0.05) is 13.8 Å². The second-order valence-corrected chi connectivity index (χ2v) is 13.9. The Labute approximate surface area is 231 Å². The van der Waals surface area contributed by atoms with Gasteiger partial charge in [-0.05, 0) is 0 Å². The predicted molar refractivity (Wildman–Crippen MR) is 160 cm³/mol. The van der Waals surface area contributed by atoms with Crippen LogP contribution in [0.15, 0.2) is 35.7 Å². The first kappa shape index (κ1) is 26.4. The van der Waals surface area contributed by atoms with Crippen molar-refractivity contribution in [2.75, 3.05) is 0 Å². The number of aromatic nitrogens is 2. The van der Waals surface area contributed by atoms with Gasteiger partial charge in [0.25, 0.3) is 0 Å². The molecule has 192 valence electrons. The number of hydrogen-bond donors (Lipinski definition) is 0. The van der Waals surface area contributed by atoms with E-state index >= 15 is 0 Å². The van der Waals surface area contributed by atoms with Crippen molar-refractivity contribution in [3.05, 3.63) is 46.8 Å². The summed E-state index contributed by atoms with van der Waals surface area (Å²) in [5.74, 6) is 1.57. The minimum absolute atomic E-state index is 0.00432. The van der Waals surface area contributed by atoms with Gasteiger partial charge in [0.05, 0.1) is 0 Å². The van der Waals surface area contributed by atoms with Crippen molar-refractivity contribution in [1.82, 2.24) is 7.96 Å². The molecule has 0 amide bonds. The van der Waals surface area contributed by atoms with Gasteiger partial charge in [0.15, 0.2) is 0 Å². The van der Waals surface area contributed by atoms with Crippen LogP contribution < -0.4 is 0 Å². The average Bonchev–Trinajstić information content (AvgIpc) is 3.68. The fourth-order valence-corrected chi connectivity index (χ4v) is 10.1. The summed E-state index contributed by atoms with van der Waals surface area (Å²) in [4.78, 5) is 4.49. The fraction of sp³-hybridized carbons (Fsp3) is 0.548. The van der Waals surface area contributed by atoms with Crippen molar-refractivity contribution in [3.63, 3.8) is 0 Å². The zero-order valence-corrected chi connectivity index (χ0v) is 25.7. The van der Waals surface area contributed by atoms with Crippen molar-refractivity contribution in [3.8, 4) is 20.2 Å². The van der Waals surface area contributed by atoms with Crippen molar-refractivity contribution in [2.45, 2.75) is 97.3 Å². The Hall–Kier alpha value is -1.26. The Morgan fingerprint density at radius 3 is 2.25 bits per heavy atom. The van der Waals surface area contributed by atoms with E-state index in [0.29, 0.717) is 0 Å². The maximum atomic E-state index is 4.82. The van der Waals surface area contributed by atoms with E-state index in [9.17, 15) is 0 Å². The van der Waals surface area contributed by atoms with Crippen molar-refractivity contribution in [1.29, 1.82) is 0 Å². The van der Waals surface area contributed by atoms with Crippen LogP contribution in [0.25, 0.3) is 31.2 Å². The van der Waals surface area contributed by atoms with Crippen LogP contribution in [0.1, 0.15) is 103 Å². The van der Waals surface area contributed by atoms with E-state index in [-0.39, 0.29) is 20.4 Å². The molecule has 0 bridgehead atoms. The second-order valence-electron chi connectivity index (χ2n) is 10.8. The number of nitrogens with zero attached hydrogens (tertiary/aromatic N) is 2. The third kappa shape index (κ3) is 4.82. The fourth-order valence-electron chi connectivity index (χ4n) is 6.46. The third-order valence-electron chi connectivity index (χ3n) is 8.55. The van der Waals surface area contributed by atoms with Gasteiger partial charge in [-0.2, -0.15) is 0 Å². The summed E-state index contributed by atoms with van der Waals surface area (Å²) in [7, 11) is 0. The zero-order valence-electron chi connectivity index (χ0n) is 22.3. The molecule has 5 heteroatoms. The Morgan fingerprint density at radius 2 is 1.58 bits per heavy atom. The van der Waals surface area contributed by atoms with Gasteiger partial charge < -0.3 is 0 Å². The molecule has 3 heterocycles. The van der Waals surface area contributed by atoms with E-state index < -0.39 is 0 Å². The molecule has 0 N–H and O–H groups in total. The summed E-state index contributed by atoms with van der Waals surface area (Å²) < 4.78 is 9.49. The second kappa shape index (κ2) is 11.6. The minimum atomic E-state index is 0.00432. The van der Waals surface area contributed by atoms with Crippen LogP contribution in [0.4, 0.5) is 0 Å². The van der Waals surface area contributed by atoms with Crippen LogP contribution in [0.2, 0.25) is 0 Å². The van der Waals surface area contributed by atoms with Gasteiger partial charge in [-0.25, -0.2) is 0 Å². The summed E-state index contributed by atoms with van der Waals surface area (Å²) in [6.07, 6.45) is 13.2. The van der Waals surface area contributed by atoms with Gasteiger partial charge in [0, 0.05) is 0 Å². The first-order chi connectivity index (χ1) is 17.6. The SMILES string of the molecule is CCCCC(CC)CC1(CC(CC)CCCC)c2ccsc2-c2sc(-c3cccc4n[se]nc34)cc21. The summed E-state index contributed by atoms with van der Waals surface area (Å²) in [6.45, 7) is 9.53. The Balaban J connectivity index is 1.63. The number of fused-ring (bicyclic) bond motifs is 4. The number of hydrogen-bond acceptors (Lipinski definition) is 4. The Morgan fingerprint density at radius 1 is 0.861 bits per heavy atom. The van der Waals surface area contributed by atoms with E-state index in [4.69, 9.17) is 3.98 Å². The molecule has 2 unspecified atom stereocenters. The number of thiophene rings is 2. The van der Waals surface area contributed by atoms with Crippen molar-refractivity contribution >= 4 is 48.7 Å². The maximum absolute atomic E-state index is 4.82. The van der Waals surface area contributed by atoms with Crippen molar-refractivity contribution in [2.24, 2.45) is 11.8 Å². The molecule has 1 aliphatic rings. The molecule has 0 aliphatic heterocycles. The van der Waals surface area contributed by atoms with Gasteiger partial charge in [0.1, 0.15) is 0 Å². The Bertz CT molecular complexity index is 1260. The van der Waals surface area contributed by atoms with E-state index in [1.807, 2.05) is 22.7 Å². The molecule has 0 spiro atoms. The normalized spacial score (nSPS) is 18.4.